The predicted octanol–water partition coefficient (Wildman–Crippen LogP) is 3.19. The second-order valence-corrected chi connectivity index (χ2v) is 8.26. The fourth-order valence-electron chi connectivity index (χ4n) is 4.63. The number of rotatable bonds is 7. The first-order valence-electron chi connectivity index (χ1n) is 10.6. The highest BCUT2D eigenvalue weighted by atomic mass is 16.5. The van der Waals surface area contributed by atoms with E-state index in [0.29, 0.717) is 30.0 Å². The monoisotopic (exact) mass is 404 g/mol. The molecule has 0 spiro atoms. The van der Waals surface area contributed by atoms with E-state index in [0.717, 1.165) is 38.5 Å². The molecule has 7 nitrogen and oxygen atoms in total. The first-order valence-corrected chi connectivity index (χ1v) is 10.6. The van der Waals surface area contributed by atoms with Crippen molar-refractivity contribution in [1.29, 1.82) is 0 Å². The number of aromatic nitrogens is 1. The van der Waals surface area contributed by atoms with Crippen LogP contribution in [0, 0.1) is 19.8 Å². The molecule has 0 aromatic carbocycles. The number of carbonyl (C=O) groups is 3. The number of ether oxygens (including phenoxy) is 2. The zero-order valence-electron chi connectivity index (χ0n) is 17.9. The molecule has 2 unspecified atom stereocenters. The van der Waals surface area contributed by atoms with Gasteiger partial charge in [0.15, 0.2) is 5.78 Å². The fraction of sp³-hybridized carbons (Fsp3) is 0.682. The van der Waals surface area contributed by atoms with Crippen molar-refractivity contribution in [2.45, 2.75) is 71.4 Å². The minimum Gasteiger partial charge on any atom is -0.464 e. The Morgan fingerprint density at radius 1 is 1.17 bits per heavy atom. The van der Waals surface area contributed by atoms with Crippen LogP contribution >= 0.6 is 0 Å². The molecule has 1 aromatic heterocycles. The lowest BCUT2D eigenvalue weighted by Gasteiger charge is -2.32. The van der Waals surface area contributed by atoms with Crippen LogP contribution in [0.4, 0.5) is 0 Å². The molecule has 7 heteroatoms. The lowest BCUT2D eigenvalue weighted by molar-refractivity contribution is -0.138. The van der Waals surface area contributed by atoms with Gasteiger partial charge in [-0.2, -0.15) is 0 Å². The molecule has 2 atom stereocenters. The van der Waals surface area contributed by atoms with E-state index in [1.807, 2.05) is 0 Å². The van der Waals surface area contributed by atoms with Crippen LogP contribution in [0.25, 0.3) is 0 Å². The van der Waals surface area contributed by atoms with Gasteiger partial charge < -0.3 is 19.4 Å². The molecule has 2 fully saturated rings. The first-order chi connectivity index (χ1) is 13.8. The molecule has 3 rings (SSSR count). The Labute approximate surface area is 172 Å². The summed E-state index contributed by atoms with van der Waals surface area (Å²) < 4.78 is 10.6. The quantitative estimate of drug-likeness (QED) is 0.557. The van der Waals surface area contributed by atoms with Gasteiger partial charge in [-0.25, -0.2) is 4.79 Å². The molecular weight excluding hydrogens is 372 g/mol. The van der Waals surface area contributed by atoms with Gasteiger partial charge >= 0.3 is 5.97 Å². The minimum atomic E-state index is -0.619. The summed E-state index contributed by atoms with van der Waals surface area (Å²) in [7, 11) is 1.31. The zero-order valence-corrected chi connectivity index (χ0v) is 17.9. The van der Waals surface area contributed by atoms with E-state index >= 15 is 0 Å². The Kier molecular flexibility index (Phi) is 6.77. The van der Waals surface area contributed by atoms with Crippen LogP contribution in [-0.2, 0) is 14.3 Å². The number of aryl methyl sites for hydroxylation is 1. The van der Waals surface area contributed by atoms with Crippen molar-refractivity contribution in [2.24, 2.45) is 5.92 Å². The first kappa shape index (κ1) is 21.6. The van der Waals surface area contributed by atoms with Crippen molar-refractivity contribution in [3.8, 4) is 0 Å². The van der Waals surface area contributed by atoms with E-state index in [1.165, 1.54) is 7.11 Å². The van der Waals surface area contributed by atoms with Gasteiger partial charge in [0.2, 0.25) is 5.91 Å². The van der Waals surface area contributed by atoms with E-state index in [-0.39, 0.29) is 29.4 Å². The summed E-state index contributed by atoms with van der Waals surface area (Å²) in [4.78, 5) is 43.4. The number of ketones is 1. The summed E-state index contributed by atoms with van der Waals surface area (Å²) in [5, 5.41) is 0. The molecule has 2 heterocycles. The van der Waals surface area contributed by atoms with E-state index in [9.17, 15) is 14.4 Å². The van der Waals surface area contributed by atoms with E-state index < -0.39 is 12.0 Å². The number of esters is 1. The Morgan fingerprint density at radius 3 is 2.45 bits per heavy atom. The molecule has 1 aliphatic carbocycles. The predicted molar refractivity (Wildman–Crippen MR) is 108 cm³/mol. The van der Waals surface area contributed by atoms with Gasteiger partial charge in [0.1, 0.15) is 5.69 Å². The lowest BCUT2D eigenvalue weighted by atomic mass is 9.97. The molecule has 0 bridgehead atoms. The van der Waals surface area contributed by atoms with Gasteiger partial charge in [-0.3, -0.25) is 9.59 Å². The molecule has 1 amide bonds. The van der Waals surface area contributed by atoms with E-state index in [1.54, 1.807) is 25.7 Å². The number of H-pyrrole nitrogens is 1. The van der Waals surface area contributed by atoms with Crippen LogP contribution in [0.3, 0.4) is 0 Å². The molecule has 1 saturated carbocycles. The van der Waals surface area contributed by atoms with Crippen molar-refractivity contribution in [1.82, 2.24) is 9.88 Å². The largest absolute Gasteiger partial charge is 0.464 e. The number of methoxy groups -OCH3 is 1. The van der Waals surface area contributed by atoms with Gasteiger partial charge in [0.05, 0.1) is 19.3 Å². The Bertz CT molecular complexity index is 772. The maximum atomic E-state index is 13.4. The topological polar surface area (TPSA) is 88.7 Å². The SMILES string of the molecule is COC(=O)c1[nH]c(C)c(C(=O)C(C)N(CC2CCCO2)C(=O)C2CCCC2)c1C. The number of Topliss-reactive ketones (excluding diaryl/α,β-unsaturated/α-hetero) is 1. The summed E-state index contributed by atoms with van der Waals surface area (Å²) in [5.41, 5.74) is 1.93. The molecule has 160 valence electrons. The summed E-state index contributed by atoms with van der Waals surface area (Å²) >= 11 is 0. The van der Waals surface area contributed by atoms with Crippen LogP contribution < -0.4 is 0 Å². The second kappa shape index (κ2) is 9.11. The van der Waals surface area contributed by atoms with Gasteiger partial charge in [-0.05, 0) is 52.0 Å². The van der Waals surface area contributed by atoms with E-state index in [2.05, 4.69) is 4.98 Å². The molecule has 1 aromatic rings. The average Bonchev–Trinajstić information content (AvgIpc) is 3.46. The molecule has 1 saturated heterocycles. The van der Waals surface area contributed by atoms with E-state index in [4.69, 9.17) is 9.47 Å². The smallest absolute Gasteiger partial charge is 0.354 e. The second-order valence-electron chi connectivity index (χ2n) is 8.26. The number of nitrogens with one attached hydrogen (secondary N) is 1. The lowest BCUT2D eigenvalue weighted by Crippen LogP contribution is -2.49. The Balaban J connectivity index is 1.87. The van der Waals surface area contributed by atoms with Gasteiger partial charge in [0, 0.05) is 30.3 Å². The normalized spacial score (nSPS) is 20.6. The summed E-state index contributed by atoms with van der Waals surface area (Å²) in [6, 6.07) is -0.619. The van der Waals surface area contributed by atoms with Crippen LogP contribution in [0.2, 0.25) is 0 Å². The third-order valence-corrected chi connectivity index (χ3v) is 6.33. The zero-order chi connectivity index (χ0) is 21.1. The van der Waals surface area contributed by atoms with Crippen LogP contribution in [-0.4, -0.2) is 60.0 Å². The number of hydrogen-bond acceptors (Lipinski definition) is 5. The van der Waals surface area contributed by atoms with Gasteiger partial charge in [-0.15, -0.1) is 0 Å². The molecule has 2 aliphatic rings. The molecular formula is C22H32N2O5. The Hall–Kier alpha value is -2.15. The van der Waals surface area contributed by atoms with Crippen molar-refractivity contribution in [3.63, 3.8) is 0 Å². The number of carbonyl (C=O) groups excluding carboxylic acids is 3. The maximum absolute atomic E-state index is 13.4. The number of amides is 1. The van der Waals surface area contributed by atoms with Gasteiger partial charge in [-0.1, -0.05) is 12.8 Å². The van der Waals surface area contributed by atoms with Crippen molar-refractivity contribution < 1.29 is 23.9 Å². The minimum absolute atomic E-state index is 0.00861. The third kappa shape index (κ3) is 4.39. The van der Waals surface area contributed by atoms with Crippen LogP contribution in [0.1, 0.15) is 77.6 Å². The summed E-state index contributed by atoms with van der Waals surface area (Å²) in [6.07, 6.45) is 5.76. The third-order valence-electron chi connectivity index (χ3n) is 6.33. The number of hydrogen-bond donors (Lipinski definition) is 1. The fourth-order valence-corrected chi connectivity index (χ4v) is 4.63. The average molecular weight is 405 g/mol. The highest BCUT2D eigenvalue weighted by Crippen LogP contribution is 2.29. The van der Waals surface area contributed by atoms with Crippen LogP contribution in [0.15, 0.2) is 0 Å². The molecule has 1 aliphatic heterocycles. The number of nitrogens with zero attached hydrogens (tertiary/aromatic N) is 1. The standard InChI is InChI=1S/C22H32N2O5/c1-13-18(14(2)23-19(13)22(27)28-4)20(25)15(3)24(12-17-10-7-11-29-17)21(26)16-8-5-6-9-16/h15-17,23H,5-12H2,1-4H3. The van der Waals surface area contributed by atoms with Crippen molar-refractivity contribution in [2.75, 3.05) is 20.3 Å². The maximum Gasteiger partial charge on any atom is 0.354 e. The van der Waals surface area contributed by atoms with Crippen molar-refractivity contribution >= 4 is 17.7 Å². The van der Waals surface area contributed by atoms with Crippen molar-refractivity contribution in [3.05, 3.63) is 22.5 Å². The van der Waals surface area contributed by atoms with Crippen LogP contribution in [0.5, 0.6) is 0 Å². The highest BCUT2D eigenvalue weighted by molar-refractivity contribution is 6.06. The Morgan fingerprint density at radius 2 is 1.86 bits per heavy atom. The van der Waals surface area contributed by atoms with Gasteiger partial charge in [0.25, 0.3) is 0 Å². The summed E-state index contributed by atoms with van der Waals surface area (Å²) in [6.45, 7) is 6.43. The summed E-state index contributed by atoms with van der Waals surface area (Å²) in [5.74, 6) is -0.616. The molecule has 1 N–H and O–H groups in total. The highest BCUT2D eigenvalue weighted by Gasteiger charge is 2.36. The number of aromatic amines is 1. The molecule has 29 heavy (non-hydrogen) atoms. The molecule has 0 radical (unpaired) electrons.